The maximum Gasteiger partial charge on any atom is 0.141 e. The molecular formula is C13H12OS. The van der Waals surface area contributed by atoms with Crippen LogP contribution in [0.3, 0.4) is 0 Å². The molecule has 1 aromatic carbocycles. The van der Waals surface area contributed by atoms with Crippen molar-refractivity contribution in [1.82, 2.24) is 0 Å². The lowest BCUT2D eigenvalue weighted by Crippen LogP contribution is -2.05. The van der Waals surface area contributed by atoms with Crippen molar-refractivity contribution in [3.05, 3.63) is 58.3 Å². The van der Waals surface area contributed by atoms with Crippen LogP contribution in [-0.4, -0.2) is 5.78 Å². The fourth-order valence-electron chi connectivity index (χ4n) is 1.51. The number of rotatable bonds is 4. The van der Waals surface area contributed by atoms with Crippen LogP contribution in [0.5, 0.6) is 0 Å². The highest BCUT2D eigenvalue weighted by Gasteiger charge is 2.04. The van der Waals surface area contributed by atoms with Crippen LogP contribution in [0, 0.1) is 0 Å². The van der Waals surface area contributed by atoms with E-state index in [1.165, 1.54) is 0 Å². The first-order valence-corrected chi connectivity index (χ1v) is 5.85. The molecule has 0 saturated carbocycles. The SMILES string of the molecule is O=C(Cc1ccccc1)Cc1ccsc1. The fraction of sp³-hybridized carbons (Fsp3) is 0.154. The van der Waals surface area contributed by atoms with Crippen molar-refractivity contribution >= 4 is 17.1 Å². The van der Waals surface area contributed by atoms with Crippen molar-refractivity contribution in [2.45, 2.75) is 12.8 Å². The summed E-state index contributed by atoms with van der Waals surface area (Å²) in [6.07, 6.45) is 1.09. The summed E-state index contributed by atoms with van der Waals surface area (Å²) in [6, 6.07) is 11.9. The van der Waals surface area contributed by atoms with E-state index in [1.54, 1.807) is 11.3 Å². The lowest BCUT2D eigenvalue weighted by Gasteiger charge is -1.99. The van der Waals surface area contributed by atoms with E-state index in [2.05, 4.69) is 0 Å². The van der Waals surface area contributed by atoms with E-state index in [0.29, 0.717) is 12.8 Å². The van der Waals surface area contributed by atoms with E-state index in [9.17, 15) is 4.79 Å². The minimum absolute atomic E-state index is 0.277. The maximum absolute atomic E-state index is 11.7. The Hall–Kier alpha value is -1.41. The molecule has 0 unspecified atom stereocenters. The molecule has 0 spiro atoms. The number of thiophene rings is 1. The van der Waals surface area contributed by atoms with Gasteiger partial charge in [0, 0.05) is 12.8 Å². The summed E-state index contributed by atoms with van der Waals surface area (Å²) in [6.45, 7) is 0. The molecule has 1 aromatic heterocycles. The Morgan fingerprint density at radius 1 is 1.00 bits per heavy atom. The average molecular weight is 216 g/mol. The first-order valence-electron chi connectivity index (χ1n) is 4.91. The van der Waals surface area contributed by atoms with Gasteiger partial charge in [0.05, 0.1) is 0 Å². The minimum atomic E-state index is 0.277. The number of Topliss-reactive ketones (excluding diaryl/α,β-unsaturated/α-hetero) is 1. The highest BCUT2D eigenvalue weighted by atomic mass is 32.1. The van der Waals surface area contributed by atoms with Gasteiger partial charge in [0.25, 0.3) is 0 Å². The van der Waals surface area contributed by atoms with E-state index < -0.39 is 0 Å². The zero-order valence-corrected chi connectivity index (χ0v) is 9.17. The van der Waals surface area contributed by atoms with Crippen LogP contribution in [0.15, 0.2) is 47.2 Å². The monoisotopic (exact) mass is 216 g/mol. The van der Waals surface area contributed by atoms with E-state index in [4.69, 9.17) is 0 Å². The smallest absolute Gasteiger partial charge is 0.141 e. The summed E-state index contributed by atoms with van der Waals surface area (Å²) in [5, 5.41) is 4.04. The van der Waals surface area contributed by atoms with Crippen LogP contribution in [0.1, 0.15) is 11.1 Å². The van der Waals surface area contributed by atoms with E-state index in [0.717, 1.165) is 11.1 Å². The predicted molar refractivity (Wildman–Crippen MR) is 63.2 cm³/mol. The lowest BCUT2D eigenvalue weighted by molar-refractivity contribution is -0.117. The molecule has 2 rings (SSSR count). The summed E-state index contributed by atoms with van der Waals surface area (Å²) >= 11 is 1.64. The molecule has 0 atom stereocenters. The summed E-state index contributed by atoms with van der Waals surface area (Å²) in [4.78, 5) is 11.7. The third kappa shape index (κ3) is 3.03. The fourth-order valence-corrected chi connectivity index (χ4v) is 2.18. The van der Waals surface area contributed by atoms with Crippen molar-refractivity contribution in [3.63, 3.8) is 0 Å². The molecule has 15 heavy (non-hydrogen) atoms. The molecule has 0 aliphatic rings. The van der Waals surface area contributed by atoms with Gasteiger partial charge in [0.1, 0.15) is 5.78 Å². The predicted octanol–water partition coefficient (Wildman–Crippen LogP) is 3.10. The molecule has 0 radical (unpaired) electrons. The number of hydrogen-bond acceptors (Lipinski definition) is 2. The van der Waals surface area contributed by atoms with Gasteiger partial charge in [-0.05, 0) is 28.0 Å². The van der Waals surface area contributed by atoms with Gasteiger partial charge in [-0.3, -0.25) is 4.79 Å². The van der Waals surface area contributed by atoms with Gasteiger partial charge < -0.3 is 0 Å². The van der Waals surface area contributed by atoms with Crippen LogP contribution >= 0.6 is 11.3 Å². The standard InChI is InChI=1S/C13H12OS/c14-13(9-12-6-7-15-10-12)8-11-4-2-1-3-5-11/h1-7,10H,8-9H2. The van der Waals surface area contributed by atoms with Crippen LogP contribution in [0.2, 0.25) is 0 Å². The van der Waals surface area contributed by atoms with Crippen LogP contribution in [0.4, 0.5) is 0 Å². The summed E-state index contributed by atoms with van der Waals surface area (Å²) in [7, 11) is 0. The molecule has 0 amide bonds. The van der Waals surface area contributed by atoms with E-state index >= 15 is 0 Å². The molecular weight excluding hydrogens is 204 g/mol. The van der Waals surface area contributed by atoms with Crippen molar-refractivity contribution in [1.29, 1.82) is 0 Å². The van der Waals surface area contributed by atoms with Crippen LogP contribution in [-0.2, 0) is 17.6 Å². The number of carbonyl (C=O) groups is 1. The van der Waals surface area contributed by atoms with Gasteiger partial charge in [-0.25, -0.2) is 0 Å². The maximum atomic E-state index is 11.7. The summed E-state index contributed by atoms with van der Waals surface area (Å²) in [5.41, 5.74) is 2.22. The van der Waals surface area contributed by atoms with Gasteiger partial charge in [-0.15, -0.1) is 0 Å². The number of hydrogen-bond donors (Lipinski definition) is 0. The average Bonchev–Trinajstić information content (AvgIpc) is 2.71. The van der Waals surface area contributed by atoms with Gasteiger partial charge in [0.15, 0.2) is 0 Å². The Balaban J connectivity index is 1.94. The Morgan fingerprint density at radius 2 is 1.73 bits per heavy atom. The Labute approximate surface area is 93.4 Å². The topological polar surface area (TPSA) is 17.1 Å². The zero-order valence-electron chi connectivity index (χ0n) is 8.35. The number of carbonyl (C=O) groups excluding carboxylic acids is 1. The quantitative estimate of drug-likeness (QED) is 0.767. The molecule has 0 bridgehead atoms. The largest absolute Gasteiger partial charge is 0.299 e. The Morgan fingerprint density at radius 3 is 2.40 bits per heavy atom. The van der Waals surface area contributed by atoms with E-state index in [-0.39, 0.29) is 5.78 Å². The molecule has 76 valence electrons. The first kappa shape index (κ1) is 10.1. The molecule has 2 heteroatoms. The Kier molecular flexibility index (Phi) is 3.30. The molecule has 0 aliphatic carbocycles. The molecule has 1 heterocycles. The summed E-state index contributed by atoms with van der Waals surface area (Å²) in [5.74, 6) is 0.277. The second-order valence-corrected chi connectivity index (χ2v) is 4.29. The van der Waals surface area contributed by atoms with Crippen molar-refractivity contribution in [3.8, 4) is 0 Å². The van der Waals surface area contributed by atoms with Crippen LogP contribution in [0.25, 0.3) is 0 Å². The van der Waals surface area contributed by atoms with Crippen molar-refractivity contribution in [2.75, 3.05) is 0 Å². The van der Waals surface area contributed by atoms with Gasteiger partial charge in [0.2, 0.25) is 0 Å². The Bertz CT molecular complexity index is 417. The lowest BCUT2D eigenvalue weighted by atomic mass is 10.0. The third-order valence-corrected chi connectivity index (χ3v) is 2.96. The third-order valence-electron chi connectivity index (χ3n) is 2.23. The number of benzene rings is 1. The molecule has 1 nitrogen and oxygen atoms in total. The molecule has 0 fully saturated rings. The van der Waals surface area contributed by atoms with Crippen LogP contribution < -0.4 is 0 Å². The highest BCUT2D eigenvalue weighted by molar-refractivity contribution is 7.07. The van der Waals surface area contributed by atoms with Gasteiger partial charge in [-0.1, -0.05) is 30.3 Å². The second kappa shape index (κ2) is 4.89. The van der Waals surface area contributed by atoms with Gasteiger partial charge in [-0.2, -0.15) is 11.3 Å². The van der Waals surface area contributed by atoms with E-state index in [1.807, 2.05) is 47.2 Å². The molecule has 0 N–H and O–H groups in total. The minimum Gasteiger partial charge on any atom is -0.299 e. The first-order chi connectivity index (χ1) is 7.34. The van der Waals surface area contributed by atoms with Gasteiger partial charge >= 0.3 is 0 Å². The van der Waals surface area contributed by atoms with Crippen molar-refractivity contribution in [2.24, 2.45) is 0 Å². The zero-order chi connectivity index (χ0) is 10.5. The molecule has 0 aliphatic heterocycles. The summed E-state index contributed by atoms with van der Waals surface area (Å²) < 4.78 is 0. The molecule has 0 saturated heterocycles. The highest BCUT2D eigenvalue weighted by Crippen LogP contribution is 2.09. The normalized spacial score (nSPS) is 10.1. The second-order valence-electron chi connectivity index (χ2n) is 3.51. The number of ketones is 1. The molecule has 2 aromatic rings. The van der Waals surface area contributed by atoms with Crippen molar-refractivity contribution < 1.29 is 4.79 Å².